The summed E-state index contributed by atoms with van der Waals surface area (Å²) in [6.45, 7) is 1.92. The van der Waals surface area contributed by atoms with Crippen LogP contribution in [0.5, 0.6) is 0 Å². The summed E-state index contributed by atoms with van der Waals surface area (Å²) in [4.78, 5) is 23.6. The Balaban J connectivity index is 1.95. The maximum absolute atomic E-state index is 12.0. The van der Waals surface area contributed by atoms with E-state index < -0.39 is 48.0 Å². The van der Waals surface area contributed by atoms with Gasteiger partial charge >= 0.3 is 12.1 Å². The van der Waals surface area contributed by atoms with E-state index in [1.54, 1.807) is 6.92 Å². The number of hydrogen-bond donors (Lipinski definition) is 4. The molecule has 0 radical (unpaired) electrons. The first-order chi connectivity index (χ1) is 9.48. The molecule has 20 heavy (non-hydrogen) atoms. The molecule has 0 aromatic carbocycles. The van der Waals surface area contributed by atoms with Crippen molar-refractivity contribution in [2.75, 3.05) is 6.61 Å². The number of aliphatic hydroxyl groups is 2. The van der Waals surface area contributed by atoms with Crippen LogP contribution < -0.4 is 10.6 Å². The third-order valence-electron chi connectivity index (χ3n) is 4.31. The second-order valence-corrected chi connectivity index (χ2v) is 5.51. The Kier molecular flexibility index (Phi) is 3.11. The lowest BCUT2D eigenvalue weighted by Crippen LogP contribution is -2.77. The maximum atomic E-state index is 12.0. The highest BCUT2D eigenvalue weighted by Gasteiger charge is 2.66. The van der Waals surface area contributed by atoms with Crippen LogP contribution in [0.3, 0.4) is 0 Å². The number of rotatable bonds is 2. The topological polar surface area (TPSA) is 117 Å². The largest absolute Gasteiger partial charge is 0.465 e. The first-order valence-corrected chi connectivity index (χ1v) is 6.76. The standard InChI is InChI=1S/C12H18N2O6/c1-2-19-10(17)7-8-12(20-11(18)14-8)4-5(15)3-6(13-7)9(12)16/h5-9,13,15-16H,2-4H2,1H3,(H,14,18)/t5-,6?,7-,8+,9+,12-/m1/s1. The molecule has 2 aliphatic heterocycles. The maximum Gasteiger partial charge on any atom is 0.408 e. The number of alkyl carbamates (subject to hydrolysis) is 1. The summed E-state index contributed by atoms with van der Waals surface area (Å²) in [6, 6.07) is -2.06. The summed E-state index contributed by atoms with van der Waals surface area (Å²) in [5.74, 6) is -0.499. The van der Waals surface area contributed by atoms with E-state index in [1.807, 2.05) is 0 Å². The Morgan fingerprint density at radius 3 is 3.00 bits per heavy atom. The smallest absolute Gasteiger partial charge is 0.408 e. The number of hydrogen-bond acceptors (Lipinski definition) is 7. The normalized spacial score (nSPS) is 46.1. The van der Waals surface area contributed by atoms with Crippen LogP contribution in [0.1, 0.15) is 19.8 Å². The van der Waals surface area contributed by atoms with E-state index in [-0.39, 0.29) is 13.0 Å². The number of amides is 1. The average molecular weight is 286 g/mol. The Morgan fingerprint density at radius 2 is 2.30 bits per heavy atom. The van der Waals surface area contributed by atoms with E-state index in [2.05, 4.69) is 10.6 Å². The first-order valence-electron chi connectivity index (χ1n) is 6.76. The van der Waals surface area contributed by atoms with Crippen LogP contribution in [0.15, 0.2) is 0 Å². The molecule has 8 nitrogen and oxygen atoms in total. The zero-order valence-corrected chi connectivity index (χ0v) is 11.0. The summed E-state index contributed by atoms with van der Waals surface area (Å²) in [7, 11) is 0. The molecule has 3 fully saturated rings. The van der Waals surface area contributed by atoms with Crippen LogP contribution in [0.25, 0.3) is 0 Å². The van der Waals surface area contributed by atoms with Gasteiger partial charge in [0.25, 0.3) is 0 Å². The third kappa shape index (κ3) is 1.79. The lowest BCUT2D eigenvalue weighted by molar-refractivity contribution is -0.175. The van der Waals surface area contributed by atoms with E-state index in [1.165, 1.54) is 0 Å². The van der Waals surface area contributed by atoms with E-state index in [4.69, 9.17) is 9.47 Å². The molecule has 8 heteroatoms. The van der Waals surface area contributed by atoms with E-state index in [0.29, 0.717) is 6.42 Å². The molecular formula is C12H18N2O6. The van der Waals surface area contributed by atoms with Crippen LogP contribution >= 0.6 is 0 Å². The van der Waals surface area contributed by atoms with Crippen LogP contribution in [-0.2, 0) is 14.3 Å². The van der Waals surface area contributed by atoms with E-state index in [9.17, 15) is 19.8 Å². The number of carbonyl (C=O) groups excluding carboxylic acids is 2. The number of aliphatic hydroxyl groups excluding tert-OH is 2. The van der Waals surface area contributed by atoms with Gasteiger partial charge in [-0.25, -0.2) is 4.79 Å². The Bertz CT molecular complexity index is 444. The molecule has 3 aliphatic rings. The van der Waals surface area contributed by atoms with Crippen molar-refractivity contribution in [1.29, 1.82) is 0 Å². The minimum atomic E-state index is -1.28. The first kappa shape index (κ1) is 13.6. The zero-order chi connectivity index (χ0) is 14.5. The predicted molar refractivity (Wildman–Crippen MR) is 64.7 cm³/mol. The van der Waals surface area contributed by atoms with Gasteiger partial charge in [-0.05, 0) is 13.3 Å². The summed E-state index contributed by atoms with van der Waals surface area (Å²) in [6.07, 6.45) is -1.97. The van der Waals surface area contributed by atoms with Crippen molar-refractivity contribution in [3.63, 3.8) is 0 Å². The second-order valence-electron chi connectivity index (χ2n) is 5.51. The molecule has 2 saturated heterocycles. The van der Waals surface area contributed by atoms with Gasteiger partial charge in [-0.3, -0.25) is 10.1 Å². The molecule has 1 spiro atoms. The van der Waals surface area contributed by atoms with Crippen LogP contribution in [0.4, 0.5) is 4.79 Å². The fourth-order valence-electron chi connectivity index (χ4n) is 3.55. The van der Waals surface area contributed by atoms with E-state index in [0.717, 1.165) is 0 Å². The highest BCUT2D eigenvalue weighted by Crippen LogP contribution is 2.43. The summed E-state index contributed by atoms with van der Waals surface area (Å²) in [5.41, 5.74) is -1.28. The monoisotopic (exact) mass is 286 g/mol. The molecule has 6 atom stereocenters. The van der Waals surface area contributed by atoms with Crippen molar-refractivity contribution >= 4 is 12.1 Å². The van der Waals surface area contributed by atoms with Gasteiger partial charge in [0.1, 0.15) is 18.2 Å². The van der Waals surface area contributed by atoms with Gasteiger partial charge in [-0.15, -0.1) is 0 Å². The molecule has 112 valence electrons. The van der Waals surface area contributed by atoms with Gasteiger partial charge in [0.05, 0.1) is 12.7 Å². The molecule has 1 aliphatic carbocycles. The molecule has 1 amide bonds. The van der Waals surface area contributed by atoms with Gasteiger partial charge in [0.2, 0.25) is 0 Å². The SMILES string of the molecule is CCOC(=O)[C@@H]1NC2C[C@@H](O)C[C@]3(OC(=O)N[C@@H]13)[C@H]2O. The molecule has 3 rings (SSSR count). The minimum absolute atomic E-state index is 0.103. The lowest BCUT2D eigenvalue weighted by atomic mass is 9.68. The van der Waals surface area contributed by atoms with Gasteiger partial charge in [-0.2, -0.15) is 0 Å². The fourth-order valence-corrected chi connectivity index (χ4v) is 3.55. The molecule has 0 aromatic rings. The predicted octanol–water partition coefficient (Wildman–Crippen LogP) is -1.75. The number of carbonyl (C=O) groups is 2. The van der Waals surface area contributed by atoms with Crippen molar-refractivity contribution in [2.24, 2.45) is 0 Å². The molecule has 4 N–H and O–H groups in total. The highest BCUT2D eigenvalue weighted by atomic mass is 16.6. The minimum Gasteiger partial charge on any atom is -0.465 e. The van der Waals surface area contributed by atoms with Crippen molar-refractivity contribution < 1.29 is 29.3 Å². The number of nitrogens with one attached hydrogen (secondary N) is 2. The van der Waals surface area contributed by atoms with E-state index >= 15 is 0 Å². The van der Waals surface area contributed by atoms with Crippen LogP contribution in [-0.4, -0.2) is 64.8 Å². The van der Waals surface area contributed by atoms with Gasteiger partial charge in [0.15, 0.2) is 5.60 Å². The third-order valence-corrected chi connectivity index (χ3v) is 4.31. The van der Waals surface area contributed by atoms with Crippen molar-refractivity contribution in [2.45, 2.75) is 55.7 Å². The van der Waals surface area contributed by atoms with Crippen LogP contribution in [0.2, 0.25) is 0 Å². The van der Waals surface area contributed by atoms with Gasteiger partial charge in [0, 0.05) is 12.5 Å². The molecule has 1 saturated carbocycles. The summed E-state index contributed by atoms with van der Waals surface area (Å²) >= 11 is 0. The molecule has 2 heterocycles. The molecule has 1 unspecified atom stereocenters. The molecular weight excluding hydrogens is 268 g/mol. The Labute approximate surface area is 115 Å². The zero-order valence-electron chi connectivity index (χ0n) is 11.0. The number of fused-ring (bicyclic) bond motifs is 1. The van der Waals surface area contributed by atoms with Crippen molar-refractivity contribution in [3.8, 4) is 0 Å². The average Bonchev–Trinajstić information content (AvgIpc) is 2.68. The van der Waals surface area contributed by atoms with Gasteiger partial charge in [-0.1, -0.05) is 0 Å². The summed E-state index contributed by atoms with van der Waals surface area (Å²) in [5, 5.41) is 25.8. The van der Waals surface area contributed by atoms with Gasteiger partial charge < -0.3 is 25.0 Å². The van der Waals surface area contributed by atoms with Crippen LogP contribution in [0, 0.1) is 0 Å². The summed E-state index contributed by atoms with van der Waals surface area (Å²) < 4.78 is 10.3. The number of esters is 1. The Morgan fingerprint density at radius 1 is 1.55 bits per heavy atom. The fraction of sp³-hybridized carbons (Fsp3) is 0.833. The second kappa shape index (κ2) is 4.57. The number of ether oxygens (including phenoxy) is 2. The quantitative estimate of drug-likeness (QED) is 0.445. The molecule has 0 aromatic heterocycles. The lowest BCUT2D eigenvalue weighted by Gasteiger charge is -2.52. The van der Waals surface area contributed by atoms with Crippen molar-refractivity contribution in [3.05, 3.63) is 0 Å². The van der Waals surface area contributed by atoms with Crippen molar-refractivity contribution in [1.82, 2.24) is 10.6 Å². The highest BCUT2D eigenvalue weighted by molar-refractivity contribution is 5.81. The Hall–Kier alpha value is -1.38. The number of piperidine rings is 1. The molecule has 2 bridgehead atoms.